The number of amides is 2. The summed E-state index contributed by atoms with van der Waals surface area (Å²) in [7, 11) is 2.07. The van der Waals surface area contributed by atoms with E-state index in [2.05, 4.69) is 22.6 Å². The van der Waals surface area contributed by atoms with E-state index in [0.717, 1.165) is 42.7 Å². The van der Waals surface area contributed by atoms with Crippen molar-refractivity contribution in [2.75, 3.05) is 25.5 Å². The Morgan fingerprint density at radius 2 is 2.09 bits per heavy atom. The number of carbonyl (C=O) groups excluding carboxylic acids is 2. The number of nitrogens with one attached hydrogen (secondary N) is 2. The molecule has 33 heavy (non-hydrogen) atoms. The lowest BCUT2D eigenvalue weighted by molar-refractivity contribution is -0.110. The van der Waals surface area contributed by atoms with Crippen LogP contribution >= 0.6 is 11.6 Å². The van der Waals surface area contributed by atoms with Gasteiger partial charge in [-0.2, -0.15) is 0 Å². The smallest absolute Gasteiger partial charge is 0.256 e. The van der Waals surface area contributed by atoms with Crippen LogP contribution in [0.25, 0.3) is 23.0 Å². The first-order valence-electron chi connectivity index (χ1n) is 11.0. The van der Waals surface area contributed by atoms with Gasteiger partial charge in [-0.05, 0) is 75.0 Å². The van der Waals surface area contributed by atoms with Crippen molar-refractivity contribution in [1.29, 1.82) is 0 Å². The molecule has 7 heteroatoms. The monoisotopic (exact) mass is 461 g/mol. The fourth-order valence-corrected chi connectivity index (χ4v) is 4.57. The van der Waals surface area contributed by atoms with Crippen LogP contribution in [0.1, 0.15) is 34.5 Å². The van der Waals surface area contributed by atoms with Gasteiger partial charge in [0, 0.05) is 40.0 Å². The first-order chi connectivity index (χ1) is 16.0. The van der Waals surface area contributed by atoms with Gasteiger partial charge in [0.25, 0.3) is 11.8 Å². The van der Waals surface area contributed by atoms with Crippen molar-refractivity contribution in [3.63, 3.8) is 0 Å². The summed E-state index contributed by atoms with van der Waals surface area (Å²) >= 11 is 6.11. The molecule has 2 aliphatic rings. The minimum atomic E-state index is -0.197. The van der Waals surface area contributed by atoms with Gasteiger partial charge in [0.1, 0.15) is 11.5 Å². The number of benzene rings is 2. The number of fused-ring (bicyclic) bond motifs is 1. The molecule has 3 aromatic rings. The summed E-state index contributed by atoms with van der Waals surface area (Å²) in [6.07, 6.45) is 3.78. The Morgan fingerprint density at radius 1 is 1.21 bits per heavy atom. The highest BCUT2D eigenvalue weighted by Gasteiger charge is 2.25. The number of hydrogen-bond acceptors (Lipinski definition) is 4. The Kier molecular flexibility index (Phi) is 5.79. The molecule has 5 rings (SSSR count). The molecule has 0 aliphatic carbocycles. The Labute approximate surface area is 197 Å². The average Bonchev–Trinajstić information content (AvgIpc) is 3.39. The maximum absolute atomic E-state index is 12.8. The number of rotatable bonds is 4. The van der Waals surface area contributed by atoms with E-state index < -0.39 is 0 Å². The number of furan rings is 1. The second kappa shape index (κ2) is 8.89. The van der Waals surface area contributed by atoms with Gasteiger partial charge in [-0.3, -0.25) is 9.59 Å². The summed E-state index contributed by atoms with van der Waals surface area (Å²) in [6.45, 7) is 1.93. The molecule has 2 aromatic carbocycles. The predicted octanol–water partition coefficient (Wildman–Crippen LogP) is 4.92. The summed E-state index contributed by atoms with van der Waals surface area (Å²) in [4.78, 5) is 27.4. The largest absolute Gasteiger partial charge is 0.457 e. The van der Waals surface area contributed by atoms with E-state index in [0.29, 0.717) is 27.7 Å². The number of likely N-dealkylation sites (tertiary alicyclic amines) is 1. The zero-order valence-electron chi connectivity index (χ0n) is 18.2. The lowest BCUT2D eigenvalue weighted by Gasteiger charge is -2.30. The van der Waals surface area contributed by atoms with Gasteiger partial charge in [-0.25, -0.2) is 0 Å². The van der Waals surface area contributed by atoms with Gasteiger partial charge in [-0.15, -0.1) is 0 Å². The van der Waals surface area contributed by atoms with Gasteiger partial charge in [0.05, 0.1) is 5.57 Å². The zero-order chi connectivity index (χ0) is 22.9. The summed E-state index contributed by atoms with van der Waals surface area (Å²) in [5.41, 5.74) is 3.37. The van der Waals surface area contributed by atoms with Crippen molar-refractivity contribution >= 4 is 40.8 Å². The molecule has 0 spiro atoms. The highest BCUT2D eigenvalue weighted by atomic mass is 35.5. The standard InChI is InChI=1S/C26H24ClN3O3/c1-30-11-3-6-19(15-30)28-25(31)17-5-2-4-16(12-17)24-10-8-20(33-24)14-22-21-13-18(27)7-9-23(21)29-26(22)32/h2,4-5,7-10,12-14,19H,3,6,11,15H2,1H3,(H,28,31)(H,29,32). The van der Waals surface area contributed by atoms with E-state index in [1.807, 2.05) is 30.3 Å². The molecule has 1 saturated heterocycles. The Balaban J connectivity index is 1.36. The third kappa shape index (κ3) is 4.58. The number of nitrogens with zero attached hydrogens (tertiary/aromatic N) is 1. The SMILES string of the molecule is CN1CCCC(NC(=O)c2cccc(-c3ccc(C=C4C(=O)Nc5ccc(Cl)cc54)o3)c2)C1. The van der Waals surface area contributed by atoms with E-state index in [1.165, 1.54) is 0 Å². The van der Waals surface area contributed by atoms with Crippen LogP contribution < -0.4 is 10.6 Å². The molecule has 168 valence electrons. The van der Waals surface area contributed by atoms with Crippen LogP contribution in [0.15, 0.2) is 59.0 Å². The average molecular weight is 462 g/mol. The molecule has 1 unspecified atom stereocenters. The number of halogens is 1. The third-order valence-electron chi connectivity index (χ3n) is 6.05. The fraction of sp³-hybridized carbons (Fsp3) is 0.231. The van der Waals surface area contributed by atoms with Gasteiger partial charge >= 0.3 is 0 Å². The maximum Gasteiger partial charge on any atom is 0.256 e. The molecule has 2 aliphatic heterocycles. The van der Waals surface area contributed by atoms with Crippen molar-refractivity contribution in [3.8, 4) is 11.3 Å². The molecule has 0 bridgehead atoms. The Bertz CT molecular complexity index is 1260. The summed E-state index contributed by atoms with van der Waals surface area (Å²) in [6, 6.07) is 16.5. The summed E-state index contributed by atoms with van der Waals surface area (Å²) in [5.74, 6) is 0.890. The van der Waals surface area contributed by atoms with Crippen LogP contribution in [0, 0.1) is 0 Å². The molecule has 1 aromatic heterocycles. The third-order valence-corrected chi connectivity index (χ3v) is 6.28. The molecule has 1 atom stereocenters. The highest BCUT2D eigenvalue weighted by molar-refractivity contribution is 6.36. The fourth-order valence-electron chi connectivity index (χ4n) is 4.40. The lowest BCUT2D eigenvalue weighted by Crippen LogP contribution is -2.46. The van der Waals surface area contributed by atoms with Crippen molar-refractivity contribution in [2.45, 2.75) is 18.9 Å². The van der Waals surface area contributed by atoms with Crippen LogP contribution in [-0.2, 0) is 4.79 Å². The Hall–Kier alpha value is -3.35. The van der Waals surface area contributed by atoms with E-state index in [-0.39, 0.29) is 17.9 Å². The van der Waals surface area contributed by atoms with Gasteiger partial charge in [0.15, 0.2) is 0 Å². The van der Waals surface area contributed by atoms with Crippen LogP contribution in [0.4, 0.5) is 5.69 Å². The molecule has 6 nitrogen and oxygen atoms in total. The van der Waals surface area contributed by atoms with Crippen molar-refractivity contribution < 1.29 is 14.0 Å². The molecule has 1 fully saturated rings. The van der Waals surface area contributed by atoms with Crippen molar-refractivity contribution in [2.24, 2.45) is 0 Å². The molecule has 0 saturated carbocycles. The van der Waals surface area contributed by atoms with Gasteiger partial charge < -0.3 is 20.0 Å². The minimum absolute atomic E-state index is 0.0813. The topological polar surface area (TPSA) is 74.6 Å². The summed E-state index contributed by atoms with van der Waals surface area (Å²) in [5, 5.41) is 6.54. The molecule has 3 heterocycles. The van der Waals surface area contributed by atoms with E-state index in [9.17, 15) is 9.59 Å². The van der Waals surface area contributed by atoms with Crippen LogP contribution in [0.2, 0.25) is 5.02 Å². The molecule has 0 radical (unpaired) electrons. The summed E-state index contributed by atoms with van der Waals surface area (Å²) < 4.78 is 6.00. The number of hydrogen-bond donors (Lipinski definition) is 2. The van der Waals surface area contributed by atoms with E-state index in [4.69, 9.17) is 16.0 Å². The lowest BCUT2D eigenvalue weighted by atomic mass is 10.0. The van der Waals surface area contributed by atoms with Crippen molar-refractivity contribution in [3.05, 3.63) is 76.5 Å². The van der Waals surface area contributed by atoms with Crippen LogP contribution in [-0.4, -0.2) is 42.9 Å². The second-order valence-corrected chi connectivity index (χ2v) is 9.00. The van der Waals surface area contributed by atoms with E-state index >= 15 is 0 Å². The molecular weight excluding hydrogens is 438 g/mol. The second-order valence-electron chi connectivity index (χ2n) is 8.56. The number of carbonyl (C=O) groups is 2. The first-order valence-corrected chi connectivity index (χ1v) is 11.4. The quantitative estimate of drug-likeness (QED) is 0.541. The van der Waals surface area contributed by atoms with E-state index in [1.54, 1.807) is 30.3 Å². The molecular formula is C26H24ClN3O3. The van der Waals surface area contributed by atoms with Crippen molar-refractivity contribution in [1.82, 2.24) is 10.2 Å². The van der Waals surface area contributed by atoms with Gasteiger partial charge in [-0.1, -0.05) is 23.7 Å². The minimum Gasteiger partial charge on any atom is -0.457 e. The maximum atomic E-state index is 12.8. The Morgan fingerprint density at radius 3 is 2.94 bits per heavy atom. The zero-order valence-corrected chi connectivity index (χ0v) is 19.0. The highest BCUT2D eigenvalue weighted by Crippen LogP contribution is 2.35. The number of likely N-dealkylation sites (N-methyl/N-ethyl adjacent to an activating group) is 1. The van der Waals surface area contributed by atoms with Gasteiger partial charge in [0.2, 0.25) is 0 Å². The number of anilines is 1. The van der Waals surface area contributed by atoms with Crippen LogP contribution in [0.3, 0.4) is 0 Å². The predicted molar refractivity (Wildman–Crippen MR) is 130 cm³/mol. The van der Waals surface area contributed by atoms with Crippen LogP contribution in [0.5, 0.6) is 0 Å². The normalized spacial score (nSPS) is 19.4. The molecule has 2 amide bonds. The molecule has 2 N–H and O–H groups in total. The first kappa shape index (κ1) is 21.5. The number of piperidine rings is 1.